The van der Waals surface area contributed by atoms with Gasteiger partial charge >= 0.3 is 5.97 Å². The Morgan fingerprint density at radius 1 is 1.53 bits per heavy atom. The summed E-state index contributed by atoms with van der Waals surface area (Å²) in [6.07, 6.45) is 3.09. The third kappa shape index (κ3) is 2.87. The van der Waals surface area contributed by atoms with Crippen LogP contribution in [-0.2, 0) is 4.74 Å². The normalized spacial score (nSPS) is 22.2. The maximum Gasteiger partial charge on any atom is 0.341 e. The largest absolute Gasteiger partial charge is 0.477 e. The molecule has 0 saturated carbocycles. The molecule has 0 bridgehead atoms. The van der Waals surface area contributed by atoms with Crippen LogP contribution >= 0.6 is 0 Å². The van der Waals surface area contributed by atoms with Crippen LogP contribution in [0.1, 0.15) is 48.8 Å². The fourth-order valence-corrected chi connectivity index (χ4v) is 2.64. The van der Waals surface area contributed by atoms with Crippen LogP contribution in [0.3, 0.4) is 0 Å². The second kappa shape index (κ2) is 4.81. The number of aromatic nitrogens is 1. The third-order valence-electron chi connectivity index (χ3n) is 3.58. The van der Waals surface area contributed by atoms with Crippen molar-refractivity contribution >= 4 is 5.97 Å². The molecule has 2 rings (SSSR count). The lowest BCUT2D eigenvalue weighted by molar-refractivity contribution is -0.0694. The SMILES string of the molecule is Cc1cc(=O)c(C(=O)O)cn1C1CCOC(C)(C)C1. The van der Waals surface area contributed by atoms with Gasteiger partial charge in [0, 0.05) is 30.6 Å². The Morgan fingerprint density at radius 2 is 2.21 bits per heavy atom. The van der Waals surface area contributed by atoms with Crippen molar-refractivity contribution in [1.29, 1.82) is 0 Å². The fourth-order valence-electron chi connectivity index (χ4n) is 2.64. The fraction of sp³-hybridized carbons (Fsp3) is 0.571. The van der Waals surface area contributed by atoms with Crippen LogP contribution in [0.4, 0.5) is 0 Å². The van der Waals surface area contributed by atoms with Crippen molar-refractivity contribution in [2.45, 2.75) is 45.3 Å². The predicted octanol–water partition coefficient (Wildman–Crippen LogP) is 1.99. The Bertz CT molecular complexity index is 559. The van der Waals surface area contributed by atoms with Crippen molar-refractivity contribution in [1.82, 2.24) is 4.57 Å². The number of rotatable bonds is 2. The molecular formula is C14H19NO4. The van der Waals surface area contributed by atoms with E-state index in [1.54, 1.807) is 0 Å². The predicted molar refractivity (Wildman–Crippen MR) is 70.7 cm³/mol. The van der Waals surface area contributed by atoms with Gasteiger partial charge in [0.05, 0.1) is 5.60 Å². The van der Waals surface area contributed by atoms with E-state index in [-0.39, 0.29) is 17.2 Å². The van der Waals surface area contributed by atoms with Gasteiger partial charge < -0.3 is 14.4 Å². The van der Waals surface area contributed by atoms with E-state index in [1.807, 2.05) is 25.3 Å². The topological polar surface area (TPSA) is 68.5 Å². The van der Waals surface area contributed by atoms with E-state index in [4.69, 9.17) is 9.84 Å². The van der Waals surface area contributed by atoms with E-state index in [1.165, 1.54) is 12.3 Å². The highest BCUT2D eigenvalue weighted by Crippen LogP contribution is 2.32. The van der Waals surface area contributed by atoms with Crippen LogP contribution in [0.25, 0.3) is 0 Å². The summed E-state index contributed by atoms with van der Waals surface area (Å²) in [5.41, 5.74) is -0.0396. The zero-order valence-corrected chi connectivity index (χ0v) is 11.5. The highest BCUT2D eigenvalue weighted by atomic mass is 16.5. The molecule has 19 heavy (non-hydrogen) atoms. The lowest BCUT2D eigenvalue weighted by Gasteiger charge is -2.37. The summed E-state index contributed by atoms with van der Waals surface area (Å²) >= 11 is 0. The molecule has 1 aromatic heterocycles. The molecule has 1 saturated heterocycles. The molecule has 1 aromatic rings. The summed E-state index contributed by atoms with van der Waals surface area (Å²) < 4.78 is 7.56. The number of pyridine rings is 1. The van der Waals surface area contributed by atoms with E-state index < -0.39 is 11.4 Å². The molecule has 0 aliphatic carbocycles. The van der Waals surface area contributed by atoms with Crippen molar-refractivity contribution in [3.63, 3.8) is 0 Å². The maximum absolute atomic E-state index is 11.6. The van der Waals surface area contributed by atoms with Gasteiger partial charge in [0.1, 0.15) is 5.56 Å². The zero-order chi connectivity index (χ0) is 14.2. The Balaban J connectivity index is 2.42. The van der Waals surface area contributed by atoms with Gasteiger partial charge in [-0.15, -0.1) is 0 Å². The summed E-state index contributed by atoms with van der Waals surface area (Å²) in [5, 5.41) is 9.04. The molecule has 1 unspecified atom stereocenters. The number of hydrogen-bond donors (Lipinski definition) is 1. The highest BCUT2D eigenvalue weighted by Gasteiger charge is 2.30. The Morgan fingerprint density at radius 3 is 2.79 bits per heavy atom. The summed E-state index contributed by atoms with van der Waals surface area (Å²) in [6.45, 7) is 6.52. The molecular weight excluding hydrogens is 246 g/mol. The standard InChI is InChI=1S/C14H19NO4/c1-9-6-12(16)11(13(17)18)8-15(9)10-4-5-19-14(2,3)7-10/h6,8,10H,4-5,7H2,1-3H3,(H,17,18). The number of hydrogen-bond acceptors (Lipinski definition) is 3. The molecule has 1 N–H and O–H groups in total. The summed E-state index contributed by atoms with van der Waals surface area (Å²) in [6, 6.07) is 1.56. The van der Waals surface area contributed by atoms with E-state index in [9.17, 15) is 9.59 Å². The van der Waals surface area contributed by atoms with E-state index in [0.717, 1.165) is 18.5 Å². The number of carbonyl (C=O) groups is 1. The lowest BCUT2D eigenvalue weighted by Crippen LogP contribution is -2.36. The smallest absolute Gasteiger partial charge is 0.341 e. The number of carboxylic acids is 1. The van der Waals surface area contributed by atoms with Gasteiger partial charge in [-0.2, -0.15) is 0 Å². The molecule has 5 nitrogen and oxygen atoms in total. The van der Waals surface area contributed by atoms with E-state index >= 15 is 0 Å². The minimum absolute atomic E-state index is 0.169. The first-order chi connectivity index (χ1) is 8.80. The highest BCUT2D eigenvalue weighted by molar-refractivity contribution is 5.87. The van der Waals surface area contributed by atoms with Gasteiger partial charge in [-0.25, -0.2) is 4.79 Å². The van der Waals surface area contributed by atoms with Crippen molar-refractivity contribution < 1.29 is 14.6 Å². The van der Waals surface area contributed by atoms with Crippen molar-refractivity contribution in [2.75, 3.05) is 6.61 Å². The lowest BCUT2D eigenvalue weighted by atomic mass is 9.93. The molecule has 0 spiro atoms. The zero-order valence-electron chi connectivity index (χ0n) is 11.5. The average Bonchev–Trinajstić information content (AvgIpc) is 2.26. The second-order valence-electron chi connectivity index (χ2n) is 5.66. The third-order valence-corrected chi connectivity index (χ3v) is 3.58. The molecule has 0 aromatic carbocycles. The number of ether oxygens (including phenoxy) is 1. The van der Waals surface area contributed by atoms with Gasteiger partial charge in [0.15, 0.2) is 5.43 Å². The minimum atomic E-state index is -1.18. The van der Waals surface area contributed by atoms with Crippen LogP contribution in [-0.4, -0.2) is 27.9 Å². The molecule has 1 aliphatic rings. The minimum Gasteiger partial charge on any atom is -0.477 e. The Labute approximate surface area is 111 Å². The van der Waals surface area contributed by atoms with Gasteiger partial charge in [-0.05, 0) is 33.6 Å². The molecule has 1 atom stereocenters. The van der Waals surface area contributed by atoms with E-state index in [2.05, 4.69) is 0 Å². The number of nitrogens with zero attached hydrogens (tertiary/aromatic N) is 1. The molecule has 0 radical (unpaired) electrons. The average molecular weight is 265 g/mol. The van der Waals surface area contributed by atoms with Crippen LogP contribution in [0.5, 0.6) is 0 Å². The summed E-state index contributed by atoms with van der Waals surface area (Å²) in [7, 11) is 0. The van der Waals surface area contributed by atoms with Gasteiger partial charge in [0.25, 0.3) is 0 Å². The van der Waals surface area contributed by atoms with Crippen molar-refractivity contribution in [2.24, 2.45) is 0 Å². The van der Waals surface area contributed by atoms with Gasteiger partial charge in [0.2, 0.25) is 0 Å². The quantitative estimate of drug-likeness (QED) is 0.887. The first-order valence-electron chi connectivity index (χ1n) is 6.40. The number of aromatic carboxylic acids is 1. The molecule has 5 heteroatoms. The molecule has 1 aliphatic heterocycles. The summed E-state index contributed by atoms with van der Waals surface area (Å²) in [4.78, 5) is 22.7. The Kier molecular flexibility index (Phi) is 3.49. The summed E-state index contributed by atoms with van der Waals surface area (Å²) in [5.74, 6) is -1.18. The second-order valence-corrected chi connectivity index (χ2v) is 5.66. The number of carboxylic acid groups (broad SMARTS) is 1. The van der Waals surface area contributed by atoms with E-state index in [0.29, 0.717) is 6.61 Å². The monoisotopic (exact) mass is 265 g/mol. The Hall–Kier alpha value is -1.62. The van der Waals surface area contributed by atoms with Crippen LogP contribution in [0, 0.1) is 6.92 Å². The molecule has 2 heterocycles. The van der Waals surface area contributed by atoms with Crippen molar-refractivity contribution in [3.8, 4) is 0 Å². The first kappa shape index (κ1) is 13.8. The van der Waals surface area contributed by atoms with Gasteiger partial charge in [-0.1, -0.05) is 0 Å². The van der Waals surface area contributed by atoms with Gasteiger partial charge in [-0.3, -0.25) is 4.79 Å². The first-order valence-corrected chi connectivity index (χ1v) is 6.40. The molecule has 1 fully saturated rings. The van der Waals surface area contributed by atoms with Crippen LogP contribution in [0.2, 0.25) is 0 Å². The molecule has 104 valence electrons. The van der Waals surface area contributed by atoms with Crippen LogP contribution in [0.15, 0.2) is 17.1 Å². The number of aryl methyl sites for hydroxylation is 1. The molecule has 0 amide bonds. The van der Waals surface area contributed by atoms with Crippen molar-refractivity contribution in [3.05, 3.63) is 33.7 Å². The maximum atomic E-state index is 11.6. The van der Waals surface area contributed by atoms with Crippen LogP contribution < -0.4 is 5.43 Å².